The number of rotatable bonds is 6. The van der Waals surface area contributed by atoms with Crippen LogP contribution in [0.3, 0.4) is 0 Å². The molecule has 3 aromatic rings. The summed E-state index contributed by atoms with van der Waals surface area (Å²) in [5, 5.41) is 10.2. The number of carbonyl (C=O) groups is 1. The van der Waals surface area contributed by atoms with Crippen molar-refractivity contribution in [3.63, 3.8) is 0 Å². The molecule has 0 bridgehead atoms. The standard InChI is InChI=1S/C12H18N2O.C9H10N2S/c1-9(8-12(15)14-3)10-6-4-5-7-11(10)13-2;1-2-10-9-7-5-3-4-6-8(7)12-11-9/h4-7,9,13H,8H2,1-3H3,(H,14,15);3-6H,2H2,1H3,(H,10,11). The third-order valence-electron chi connectivity index (χ3n) is 4.25. The maximum absolute atomic E-state index is 11.3. The minimum absolute atomic E-state index is 0.0772. The van der Waals surface area contributed by atoms with E-state index in [-0.39, 0.29) is 11.8 Å². The Bertz CT molecular complexity index is 862. The Morgan fingerprint density at radius 3 is 2.52 bits per heavy atom. The van der Waals surface area contributed by atoms with Crippen LogP contribution in [0.25, 0.3) is 10.1 Å². The Morgan fingerprint density at radius 1 is 1.11 bits per heavy atom. The molecule has 3 rings (SSSR count). The molecule has 3 N–H and O–H groups in total. The quantitative estimate of drug-likeness (QED) is 0.576. The highest BCUT2D eigenvalue weighted by Gasteiger charge is 2.12. The number of hydrogen-bond donors (Lipinski definition) is 3. The predicted molar refractivity (Wildman–Crippen MR) is 117 cm³/mol. The van der Waals surface area contributed by atoms with Crippen molar-refractivity contribution in [2.75, 3.05) is 31.3 Å². The van der Waals surface area contributed by atoms with Crippen molar-refractivity contribution < 1.29 is 4.79 Å². The number of hydrogen-bond acceptors (Lipinski definition) is 5. The topological polar surface area (TPSA) is 66.0 Å². The summed E-state index contributed by atoms with van der Waals surface area (Å²) in [5.74, 6) is 1.32. The molecule has 144 valence electrons. The molecule has 2 aromatic carbocycles. The largest absolute Gasteiger partial charge is 0.388 e. The van der Waals surface area contributed by atoms with Gasteiger partial charge < -0.3 is 16.0 Å². The third kappa shape index (κ3) is 5.69. The summed E-state index contributed by atoms with van der Waals surface area (Å²) < 4.78 is 5.56. The van der Waals surface area contributed by atoms with Gasteiger partial charge in [-0.1, -0.05) is 37.3 Å². The van der Waals surface area contributed by atoms with Crippen LogP contribution in [0.1, 0.15) is 31.7 Å². The summed E-state index contributed by atoms with van der Waals surface area (Å²) in [6, 6.07) is 16.3. The van der Waals surface area contributed by atoms with Gasteiger partial charge in [-0.3, -0.25) is 4.79 Å². The van der Waals surface area contributed by atoms with Crippen LogP contribution >= 0.6 is 11.5 Å². The first kappa shape index (κ1) is 20.7. The van der Waals surface area contributed by atoms with Gasteiger partial charge in [0.2, 0.25) is 5.91 Å². The molecular weight excluding hydrogens is 356 g/mol. The second kappa shape index (κ2) is 10.5. The van der Waals surface area contributed by atoms with Crippen LogP contribution < -0.4 is 16.0 Å². The monoisotopic (exact) mass is 384 g/mol. The molecule has 0 aliphatic carbocycles. The van der Waals surface area contributed by atoms with Crippen LogP contribution in [0, 0.1) is 0 Å². The summed E-state index contributed by atoms with van der Waals surface area (Å²) in [6.07, 6.45) is 0.523. The maximum Gasteiger partial charge on any atom is 0.220 e. The predicted octanol–water partition coefficient (Wildman–Crippen LogP) is 4.70. The van der Waals surface area contributed by atoms with Crippen LogP contribution in [0.5, 0.6) is 0 Å². The molecule has 1 aromatic heterocycles. The highest BCUT2D eigenvalue weighted by atomic mass is 32.1. The van der Waals surface area contributed by atoms with Gasteiger partial charge >= 0.3 is 0 Å². The van der Waals surface area contributed by atoms with Crippen molar-refractivity contribution >= 4 is 39.0 Å². The first-order chi connectivity index (χ1) is 13.1. The van der Waals surface area contributed by atoms with Gasteiger partial charge in [0.25, 0.3) is 0 Å². The Hall–Kier alpha value is -2.60. The fourth-order valence-electron chi connectivity index (χ4n) is 2.83. The van der Waals surface area contributed by atoms with Crippen LogP contribution in [0.4, 0.5) is 11.5 Å². The molecule has 0 fully saturated rings. The van der Waals surface area contributed by atoms with Gasteiger partial charge in [-0.2, -0.15) is 4.37 Å². The number of nitrogens with zero attached hydrogens (tertiary/aromatic N) is 1. The molecule has 0 saturated carbocycles. The molecule has 1 heterocycles. The number of anilines is 2. The molecule has 5 nitrogen and oxygen atoms in total. The molecule has 0 spiro atoms. The van der Waals surface area contributed by atoms with Crippen LogP contribution in [0.15, 0.2) is 48.5 Å². The number of benzene rings is 2. The summed E-state index contributed by atoms with van der Waals surface area (Å²) in [4.78, 5) is 11.3. The van der Waals surface area contributed by atoms with Gasteiger partial charge in [0, 0.05) is 38.1 Å². The van der Waals surface area contributed by atoms with Gasteiger partial charge in [-0.25, -0.2) is 0 Å². The Kier molecular flexibility index (Phi) is 8.07. The van der Waals surface area contributed by atoms with Gasteiger partial charge in [0.15, 0.2) is 0 Å². The van der Waals surface area contributed by atoms with E-state index in [0.717, 1.165) is 18.1 Å². The second-order valence-corrected chi connectivity index (χ2v) is 6.98. The van der Waals surface area contributed by atoms with E-state index < -0.39 is 0 Å². The average Bonchev–Trinajstić information content (AvgIpc) is 3.11. The second-order valence-electron chi connectivity index (χ2n) is 6.17. The van der Waals surface area contributed by atoms with Crippen molar-refractivity contribution in [3.05, 3.63) is 54.1 Å². The minimum atomic E-state index is 0.0772. The first-order valence-corrected chi connectivity index (χ1v) is 9.93. The van der Waals surface area contributed by atoms with Gasteiger partial charge in [-0.15, -0.1) is 0 Å². The lowest BCUT2D eigenvalue weighted by Gasteiger charge is -2.15. The van der Waals surface area contributed by atoms with E-state index in [4.69, 9.17) is 0 Å². The smallest absolute Gasteiger partial charge is 0.220 e. The van der Waals surface area contributed by atoms with Gasteiger partial charge in [0.1, 0.15) is 5.82 Å². The van der Waals surface area contributed by atoms with Crippen LogP contribution in [-0.2, 0) is 4.79 Å². The Labute approximate surface area is 165 Å². The normalized spacial score (nSPS) is 11.3. The molecule has 0 radical (unpaired) electrons. The lowest BCUT2D eigenvalue weighted by atomic mass is 9.96. The SMILES string of the molecule is CCNc1nsc2ccccc12.CNC(=O)CC(C)c1ccccc1NC. The molecule has 1 unspecified atom stereocenters. The number of para-hydroxylation sites is 1. The first-order valence-electron chi connectivity index (χ1n) is 9.16. The number of amides is 1. The molecule has 6 heteroatoms. The zero-order valence-corrected chi connectivity index (χ0v) is 17.2. The summed E-state index contributed by atoms with van der Waals surface area (Å²) in [7, 11) is 3.56. The molecule has 0 aliphatic heterocycles. The molecule has 1 atom stereocenters. The van der Waals surface area contributed by atoms with Crippen molar-refractivity contribution in [1.29, 1.82) is 0 Å². The Morgan fingerprint density at radius 2 is 1.81 bits per heavy atom. The van der Waals surface area contributed by atoms with Gasteiger partial charge in [-0.05, 0) is 48.1 Å². The highest BCUT2D eigenvalue weighted by Crippen LogP contribution is 2.26. The van der Waals surface area contributed by atoms with E-state index in [2.05, 4.69) is 52.4 Å². The van der Waals surface area contributed by atoms with Crippen LogP contribution in [0.2, 0.25) is 0 Å². The fourth-order valence-corrected chi connectivity index (χ4v) is 3.58. The summed E-state index contributed by atoms with van der Waals surface area (Å²) in [5.41, 5.74) is 2.28. The van der Waals surface area contributed by atoms with E-state index in [1.54, 1.807) is 18.6 Å². The average molecular weight is 385 g/mol. The molecule has 0 aliphatic rings. The highest BCUT2D eigenvalue weighted by molar-refractivity contribution is 7.13. The zero-order valence-electron chi connectivity index (χ0n) is 16.4. The summed E-state index contributed by atoms with van der Waals surface area (Å²) in [6.45, 7) is 5.06. The lowest BCUT2D eigenvalue weighted by molar-refractivity contribution is -0.120. The molecule has 0 saturated heterocycles. The third-order valence-corrected chi connectivity index (χ3v) is 5.08. The van der Waals surface area contributed by atoms with E-state index in [9.17, 15) is 4.79 Å². The van der Waals surface area contributed by atoms with E-state index >= 15 is 0 Å². The van der Waals surface area contributed by atoms with Crippen molar-refractivity contribution in [1.82, 2.24) is 9.69 Å². The molecular formula is C21H28N4OS. The number of fused-ring (bicyclic) bond motifs is 1. The minimum Gasteiger partial charge on any atom is -0.388 e. The van der Waals surface area contributed by atoms with Crippen molar-refractivity contribution in [3.8, 4) is 0 Å². The number of nitrogens with one attached hydrogen (secondary N) is 3. The number of aromatic nitrogens is 1. The zero-order chi connectivity index (χ0) is 19.6. The van der Waals surface area contributed by atoms with Crippen LogP contribution in [-0.4, -0.2) is 30.9 Å². The van der Waals surface area contributed by atoms with E-state index in [1.165, 1.54) is 15.6 Å². The molecule has 27 heavy (non-hydrogen) atoms. The summed E-state index contributed by atoms with van der Waals surface area (Å²) >= 11 is 1.54. The Balaban J connectivity index is 0.000000198. The number of carbonyl (C=O) groups excluding carboxylic acids is 1. The van der Waals surface area contributed by atoms with Gasteiger partial charge in [0.05, 0.1) is 4.70 Å². The molecule has 1 amide bonds. The fraction of sp³-hybridized carbons (Fsp3) is 0.333. The van der Waals surface area contributed by atoms with E-state index in [1.807, 2.05) is 37.4 Å². The van der Waals surface area contributed by atoms with E-state index in [0.29, 0.717) is 6.42 Å². The maximum atomic E-state index is 11.3. The van der Waals surface area contributed by atoms with Crippen molar-refractivity contribution in [2.45, 2.75) is 26.2 Å². The van der Waals surface area contributed by atoms with Crippen molar-refractivity contribution in [2.24, 2.45) is 0 Å². The lowest BCUT2D eigenvalue weighted by Crippen LogP contribution is -2.19.